The molecule has 5 rings (SSSR count). The van der Waals surface area contributed by atoms with Gasteiger partial charge < -0.3 is 19.6 Å². The second kappa shape index (κ2) is 12.2. The number of nitriles is 1. The molecule has 0 bridgehead atoms. The van der Waals surface area contributed by atoms with Gasteiger partial charge in [0.2, 0.25) is 0 Å². The molecule has 1 saturated heterocycles. The summed E-state index contributed by atoms with van der Waals surface area (Å²) in [5.41, 5.74) is 3.65. The third-order valence-corrected chi connectivity index (χ3v) is 7.99. The standard InChI is InChI=1S/C34H40N6O3/c1-33(2,42)23-43-28-16-29(32-27(18-35)20-37-40(32)22-28)26-9-10-31(36-19-26)39-13-11-34(3,12-14-39)17-30(41)25-8-6-7-24(15-25)21-38(4)5/h6-10,15-16,19-20,22,42H,11-14,17,21,23H2,1-5H3. The molecular weight excluding hydrogens is 540 g/mol. The normalized spacial score (nSPS) is 15.1. The Morgan fingerprint density at radius 3 is 2.58 bits per heavy atom. The van der Waals surface area contributed by atoms with Crippen LogP contribution >= 0.6 is 0 Å². The SMILES string of the molecule is CN(C)Cc1cccc(C(=O)CC2(C)CCN(c3ccc(-c4cc(OCC(C)(C)O)cn5ncc(C#N)c45)cn3)CC2)c1. The van der Waals surface area contributed by atoms with E-state index in [1.807, 2.05) is 56.7 Å². The zero-order chi connectivity index (χ0) is 30.8. The Balaban J connectivity index is 1.28. The van der Waals surface area contributed by atoms with Crippen LogP contribution in [-0.4, -0.2) is 69.8 Å². The van der Waals surface area contributed by atoms with Crippen LogP contribution < -0.4 is 9.64 Å². The number of carbonyl (C=O) groups excluding carboxylic acids is 1. The molecular formula is C34H40N6O3. The monoisotopic (exact) mass is 580 g/mol. The highest BCUT2D eigenvalue weighted by Gasteiger charge is 2.33. The Morgan fingerprint density at radius 2 is 1.93 bits per heavy atom. The average molecular weight is 581 g/mol. The second-order valence-corrected chi connectivity index (χ2v) is 12.9. The van der Waals surface area contributed by atoms with E-state index in [4.69, 9.17) is 9.72 Å². The van der Waals surface area contributed by atoms with E-state index in [1.54, 1.807) is 24.6 Å². The molecule has 4 heterocycles. The Labute approximate surface area is 253 Å². The first kappa shape index (κ1) is 30.2. The fraction of sp³-hybridized carbons (Fsp3) is 0.412. The van der Waals surface area contributed by atoms with Crippen LogP contribution in [0.3, 0.4) is 0 Å². The number of pyridine rings is 2. The van der Waals surface area contributed by atoms with Crippen LogP contribution in [0.2, 0.25) is 0 Å². The molecule has 0 aliphatic carbocycles. The van der Waals surface area contributed by atoms with Gasteiger partial charge in [-0.15, -0.1) is 0 Å². The molecule has 9 nitrogen and oxygen atoms in total. The molecule has 0 saturated carbocycles. The molecule has 1 aliphatic heterocycles. The van der Waals surface area contributed by atoms with Crippen LogP contribution in [0.4, 0.5) is 5.82 Å². The minimum atomic E-state index is -0.991. The van der Waals surface area contributed by atoms with E-state index < -0.39 is 5.60 Å². The minimum Gasteiger partial charge on any atom is -0.489 e. The number of piperidine rings is 1. The van der Waals surface area contributed by atoms with Crippen LogP contribution in [0.25, 0.3) is 16.6 Å². The molecule has 4 aromatic rings. The Kier molecular flexibility index (Phi) is 8.54. The molecule has 1 aliphatic rings. The number of aromatic nitrogens is 3. The molecule has 224 valence electrons. The molecule has 1 fully saturated rings. The summed E-state index contributed by atoms with van der Waals surface area (Å²) in [6, 6.07) is 16.1. The van der Waals surface area contributed by atoms with Crippen molar-refractivity contribution in [3.8, 4) is 22.9 Å². The number of carbonyl (C=O) groups is 1. The third kappa shape index (κ3) is 7.22. The molecule has 0 radical (unpaired) electrons. The van der Waals surface area contributed by atoms with Crippen molar-refractivity contribution in [2.24, 2.45) is 5.41 Å². The molecule has 3 aromatic heterocycles. The van der Waals surface area contributed by atoms with Gasteiger partial charge in [0.1, 0.15) is 24.2 Å². The molecule has 1 N–H and O–H groups in total. The van der Waals surface area contributed by atoms with E-state index in [0.29, 0.717) is 23.3 Å². The predicted octanol–water partition coefficient (Wildman–Crippen LogP) is 5.36. The summed E-state index contributed by atoms with van der Waals surface area (Å²) in [6.45, 7) is 8.16. The van der Waals surface area contributed by atoms with Crippen molar-refractivity contribution in [1.82, 2.24) is 19.5 Å². The highest BCUT2D eigenvalue weighted by Crippen LogP contribution is 2.37. The molecule has 1 aromatic carbocycles. The summed E-state index contributed by atoms with van der Waals surface area (Å²) < 4.78 is 7.48. The van der Waals surface area contributed by atoms with Crippen molar-refractivity contribution in [2.75, 3.05) is 38.7 Å². The van der Waals surface area contributed by atoms with Gasteiger partial charge in [-0.25, -0.2) is 9.50 Å². The first-order valence-corrected chi connectivity index (χ1v) is 14.7. The summed E-state index contributed by atoms with van der Waals surface area (Å²) in [5.74, 6) is 1.62. The van der Waals surface area contributed by atoms with Crippen molar-refractivity contribution in [2.45, 2.75) is 52.2 Å². The number of fused-ring (bicyclic) bond motifs is 1. The summed E-state index contributed by atoms with van der Waals surface area (Å²) in [6.07, 6.45) is 7.41. The smallest absolute Gasteiger partial charge is 0.163 e. The molecule has 0 unspecified atom stereocenters. The van der Waals surface area contributed by atoms with Gasteiger partial charge in [0.05, 0.1) is 29.1 Å². The highest BCUT2D eigenvalue weighted by molar-refractivity contribution is 5.96. The number of hydrogen-bond donors (Lipinski definition) is 1. The lowest BCUT2D eigenvalue weighted by Gasteiger charge is -2.39. The number of benzene rings is 1. The molecule has 43 heavy (non-hydrogen) atoms. The first-order valence-electron chi connectivity index (χ1n) is 14.7. The van der Waals surface area contributed by atoms with Crippen molar-refractivity contribution in [3.05, 3.63) is 77.7 Å². The number of ketones is 1. The second-order valence-electron chi connectivity index (χ2n) is 12.9. The van der Waals surface area contributed by atoms with Gasteiger partial charge >= 0.3 is 0 Å². The minimum absolute atomic E-state index is 0.0596. The van der Waals surface area contributed by atoms with Crippen LogP contribution in [0.5, 0.6) is 5.75 Å². The van der Waals surface area contributed by atoms with Gasteiger partial charge in [0.15, 0.2) is 5.78 Å². The number of anilines is 1. The molecule has 0 atom stereocenters. The predicted molar refractivity (Wildman–Crippen MR) is 167 cm³/mol. The summed E-state index contributed by atoms with van der Waals surface area (Å²) in [7, 11) is 4.06. The van der Waals surface area contributed by atoms with Gasteiger partial charge in [0.25, 0.3) is 0 Å². The lowest BCUT2D eigenvalue weighted by Crippen LogP contribution is -2.40. The van der Waals surface area contributed by atoms with Crippen molar-refractivity contribution < 1.29 is 14.6 Å². The number of Topliss-reactive ketones (excluding diaryl/α,β-unsaturated/α-hetero) is 1. The van der Waals surface area contributed by atoms with Crippen LogP contribution in [0, 0.1) is 16.7 Å². The maximum absolute atomic E-state index is 13.2. The van der Waals surface area contributed by atoms with E-state index in [0.717, 1.165) is 60.5 Å². The number of aliphatic hydroxyl groups is 1. The number of nitrogens with zero attached hydrogens (tertiary/aromatic N) is 6. The summed E-state index contributed by atoms with van der Waals surface area (Å²) >= 11 is 0. The Bertz CT molecular complexity index is 1640. The van der Waals surface area contributed by atoms with Gasteiger partial charge in [-0.1, -0.05) is 25.1 Å². The third-order valence-electron chi connectivity index (χ3n) is 7.99. The lowest BCUT2D eigenvalue weighted by molar-refractivity contribution is 0.0283. The fourth-order valence-electron chi connectivity index (χ4n) is 5.62. The summed E-state index contributed by atoms with van der Waals surface area (Å²) in [5, 5.41) is 24.1. The van der Waals surface area contributed by atoms with Crippen molar-refractivity contribution in [1.29, 1.82) is 5.26 Å². The number of rotatable bonds is 10. The van der Waals surface area contributed by atoms with Crippen LogP contribution in [-0.2, 0) is 6.54 Å². The van der Waals surface area contributed by atoms with E-state index in [2.05, 4.69) is 34.0 Å². The highest BCUT2D eigenvalue weighted by atomic mass is 16.5. The fourth-order valence-corrected chi connectivity index (χ4v) is 5.62. The van der Waals surface area contributed by atoms with E-state index in [-0.39, 0.29) is 17.8 Å². The van der Waals surface area contributed by atoms with Crippen LogP contribution in [0.1, 0.15) is 61.5 Å². The zero-order valence-corrected chi connectivity index (χ0v) is 25.7. The lowest BCUT2D eigenvalue weighted by atomic mass is 9.75. The maximum Gasteiger partial charge on any atom is 0.163 e. The molecule has 0 spiro atoms. The van der Waals surface area contributed by atoms with E-state index in [1.165, 1.54) is 6.20 Å². The van der Waals surface area contributed by atoms with E-state index >= 15 is 0 Å². The van der Waals surface area contributed by atoms with E-state index in [9.17, 15) is 15.2 Å². The van der Waals surface area contributed by atoms with Gasteiger partial charge in [-0.05, 0) is 76.0 Å². The first-order chi connectivity index (χ1) is 20.4. The maximum atomic E-state index is 13.2. The Morgan fingerprint density at radius 1 is 1.16 bits per heavy atom. The summed E-state index contributed by atoms with van der Waals surface area (Å²) in [4.78, 5) is 22.4. The largest absolute Gasteiger partial charge is 0.489 e. The average Bonchev–Trinajstić information content (AvgIpc) is 3.39. The Hall–Kier alpha value is -4.26. The van der Waals surface area contributed by atoms with Crippen molar-refractivity contribution in [3.63, 3.8) is 0 Å². The number of ether oxygens (including phenoxy) is 1. The molecule has 9 heteroatoms. The van der Waals surface area contributed by atoms with Gasteiger partial charge in [-0.3, -0.25) is 4.79 Å². The quantitative estimate of drug-likeness (QED) is 0.250. The van der Waals surface area contributed by atoms with Gasteiger partial charge in [0, 0.05) is 48.9 Å². The number of hydrogen-bond acceptors (Lipinski definition) is 8. The van der Waals surface area contributed by atoms with Crippen molar-refractivity contribution >= 4 is 17.1 Å². The molecule has 0 amide bonds. The topological polar surface area (TPSA) is 107 Å². The zero-order valence-electron chi connectivity index (χ0n) is 25.7. The van der Waals surface area contributed by atoms with Gasteiger partial charge in [-0.2, -0.15) is 10.4 Å². The van der Waals surface area contributed by atoms with Crippen LogP contribution in [0.15, 0.2) is 61.1 Å².